The van der Waals surface area contributed by atoms with E-state index in [2.05, 4.69) is 6.92 Å². The highest BCUT2D eigenvalue weighted by atomic mass is 16.1. The Morgan fingerprint density at radius 3 is 2.73 bits per heavy atom. The highest BCUT2D eigenvalue weighted by molar-refractivity contribution is 5.09. The predicted molar refractivity (Wildman–Crippen MR) is 45.7 cm³/mol. The first kappa shape index (κ1) is 8.05. The topological polar surface area (TPSA) is 22.0 Å². The Morgan fingerprint density at radius 2 is 2.18 bits per heavy atom. The van der Waals surface area contributed by atoms with Crippen molar-refractivity contribution in [3.63, 3.8) is 0 Å². The van der Waals surface area contributed by atoms with E-state index in [4.69, 9.17) is 0 Å². The van der Waals surface area contributed by atoms with Crippen molar-refractivity contribution >= 4 is 0 Å². The summed E-state index contributed by atoms with van der Waals surface area (Å²) in [6.45, 7) is 2.13. The van der Waals surface area contributed by atoms with Gasteiger partial charge in [-0.05, 0) is 12.0 Å². The molecule has 1 aromatic heterocycles. The maximum absolute atomic E-state index is 10.9. The molecular formula is C9H13NO. The van der Waals surface area contributed by atoms with E-state index in [0.717, 1.165) is 12.8 Å². The van der Waals surface area contributed by atoms with Crippen LogP contribution in [0.15, 0.2) is 23.1 Å². The third kappa shape index (κ3) is 1.93. The van der Waals surface area contributed by atoms with E-state index < -0.39 is 0 Å². The molecule has 0 saturated carbocycles. The number of rotatable bonds is 2. The Kier molecular flexibility index (Phi) is 2.47. The maximum atomic E-state index is 10.9. The van der Waals surface area contributed by atoms with Gasteiger partial charge in [0.2, 0.25) is 5.56 Å². The van der Waals surface area contributed by atoms with Gasteiger partial charge >= 0.3 is 0 Å². The highest BCUT2D eigenvalue weighted by Gasteiger charge is 1.92. The molecule has 0 spiro atoms. The Bertz CT molecular complexity index is 288. The van der Waals surface area contributed by atoms with Gasteiger partial charge in [-0.1, -0.05) is 19.4 Å². The molecule has 0 radical (unpaired) electrons. The van der Waals surface area contributed by atoms with E-state index in [-0.39, 0.29) is 5.56 Å². The molecule has 0 bridgehead atoms. The number of pyridine rings is 1. The summed E-state index contributed by atoms with van der Waals surface area (Å²) in [6.07, 6.45) is 4.07. The summed E-state index contributed by atoms with van der Waals surface area (Å²) in [5.41, 5.74) is 1.29. The molecule has 11 heavy (non-hydrogen) atoms. The third-order valence-electron chi connectivity index (χ3n) is 1.69. The molecule has 0 atom stereocenters. The molecule has 0 saturated heterocycles. The van der Waals surface area contributed by atoms with Gasteiger partial charge in [0.1, 0.15) is 0 Å². The molecular weight excluding hydrogens is 138 g/mol. The van der Waals surface area contributed by atoms with Gasteiger partial charge in [-0.2, -0.15) is 0 Å². The van der Waals surface area contributed by atoms with E-state index in [9.17, 15) is 4.79 Å². The van der Waals surface area contributed by atoms with E-state index >= 15 is 0 Å². The molecule has 0 fully saturated rings. The number of aryl methyl sites for hydroxylation is 2. The van der Waals surface area contributed by atoms with Crippen molar-refractivity contribution in [1.82, 2.24) is 4.57 Å². The van der Waals surface area contributed by atoms with Crippen LogP contribution in [0.25, 0.3) is 0 Å². The number of hydrogen-bond acceptors (Lipinski definition) is 1. The van der Waals surface area contributed by atoms with E-state index in [1.54, 1.807) is 17.7 Å². The monoisotopic (exact) mass is 151 g/mol. The molecule has 0 aliphatic carbocycles. The zero-order valence-electron chi connectivity index (χ0n) is 7.00. The van der Waals surface area contributed by atoms with E-state index in [0.29, 0.717) is 0 Å². The molecule has 60 valence electrons. The number of aromatic nitrogens is 1. The summed E-state index contributed by atoms with van der Waals surface area (Å²) in [4.78, 5) is 10.9. The van der Waals surface area contributed by atoms with Gasteiger partial charge in [0.15, 0.2) is 0 Å². The maximum Gasteiger partial charge on any atom is 0.250 e. The van der Waals surface area contributed by atoms with Crippen LogP contribution in [0.4, 0.5) is 0 Å². The molecule has 2 nitrogen and oxygen atoms in total. The zero-order chi connectivity index (χ0) is 8.27. The fraction of sp³-hybridized carbons (Fsp3) is 0.444. The lowest BCUT2D eigenvalue weighted by molar-refractivity contribution is 0.822. The first-order valence-electron chi connectivity index (χ1n) is 3.89. The summed E-state index contributed by atoms with van der Waals surface area (Å²) in [7, 11) is 1.78. The first-order chi connectivity index (χ1) is 5.24. The number of nitrogens with zero attached hydrogens (tertiary/aromatic N) is 1. The Hall–Kier alpha value is -1.05. The van der Waals surface area contributed by atoms with Crippen LogP contribution in [0, 0.1) is 0 Å². The number of hydrogen-bond donors (Lipinski definition) is 0. The minimum absolute atomic E-state index is 0.0600. The summed E-state index contributed by atoms with van der Waals surface area (Å²) in [5.74, 6) is 0. The van der Waals surface area contributed by atoms with Crippen LogP contribution in [-0.2, 0) is 13.5 Å². The van der Waals surface area contributed by atoms with Crippen LogP contribution < -0.4 is 5.56 Å². The van der Waals surface area contributed by atoms with Crippen LogP contribution in [0.2, 0.25) is 0 Å². The molecule has 0 aromatic carbocycles. The SMILES string of the molecule is CCCc1ccc(=O)n(C)c1. The second-order valence-electron chi connectivity index (χ2n) is 2.74. The van der Waals surface area contributed by atoms with Crippen LogP contribution in [0.5, 0.6) is 0 Å². The predicted octanol–water partition coefficient (Wildman–Crippen LogP) is 1.34. The Morgan fingerprint density at radius 1 is 1.45 bits per heavy atom. The molecule has 1 rings (SSSR count). The van der Waals surface area contributed by atoms with Gasteiger partial charge in [-0.15, -0.1) is 0 Å². The Labute approximate surface area is 66.5 Å². The smallest absolute Gasteiger partial charge is 0.250 e. The lowest BCUT2D eigenvalue weighted by atomic mass is 10.2. The minimum atomic E-state index is 0.0600. The van der Waals surface area contributed by atoms with Crippen molar-refractivity contribution in [1.29, 1.82) is 0 Å². The van der Waals surface area contributed by atoms with Crippen molar-refractivity contribution in [2.45, 2.75) is 19.8 Å². The van der Waals surface area contributed by atoms with Gasteiger partial charge in [0, 0.05) is 19.3 Å². The fourth-order valence-corrected chi connectivity index (χ4v) is 1.09. The lowest BCUT2D eigenvalue weighted by Gasteiger charge is -2.00. The van der Waals surface area contributed by atoms with Gasteiger partial charge in [0.05, 0.1) is 0 Å². The molecule has 0 amide bonds. The van der Waals surface area contributed by atoms with E-state index in [1.165, 1.54) is 5.56 Å². The van der Waals surface area contributed by atoms with Gasteiger partial charge in [-0.3, -0.25) is 4.79 Å². The molecule has 0 N–H and O–H groups in total. The minimum Gasteiger partial charge on any atom is -0.318 e. The van der Waals surface area contributed by atoms with Crippen molar-refractivity contribution in [3.05, 3.63) is 34.2 Å². The second kappa shape index (κ2) is 3.37. The van der Waals surface area contributed by atoms with Crippen LogP contribution in [-0.4, -0.2) is 4.57 Å². The van der Waals surface area contributed by atoms with Crippen LogP contribution in [0.1, 0.15) is 18.9 Å². The van der Waals surface area contributed by atoms with Crippen molar-refractivity contribution in [2.75, 3.05) is 0 Å². The van der Waals surface area contributed by atoms with Crippen molar-refractivity contribution in [3.8, 4) is 0 Å². The van der Waals surface area contributed by atoms with Gasteiger partial charge < -0.3 is 4.57 Å². The molecule has 0 unspecified atom stereocenters. The largest absolute Gasteiger partial charge is 0.318 e. The standard InChI is InChI=1S/C9H13NO/c1-3-4-8-5-6-9(11)10(2)7-8/h5-7H,3-4H2,1-2H3. The molecule has 1 aromatic rings. The molecule has 2 heteroatoms. The normalized spacial score (nSPS) is 10.0. The van der Waals surface area contributed by atoms with Crippen molar-refractivity contribution < 1.29 is 0 Å². The second-order valence-corrected chi connectivity index (χ2v) is 2.74. The zero-order valence-corrected chi connectivity index (χ0v) is 7.00. The van der Waals surface area contributed by atoms with Crippen molar-refractivity contribution in [2.24, 2.45) is 7.05 Å². The van der Waals surface area contributed by atoms with Gasteiger partial charge in [0.25, 0.3) is 0 Å². The van der Waals surface area contributed by atoms with Crippen LogP contribution in [0.3, 0.4) is 0 Å². The van der Waals surface area contributed by atoms with Gasteiger partial charge in [-0.25, -0.2) is 0 Å². The summed E-state index contributed by atoms with van der Waals surface area (Å²) < 4.78 is 1.62. The fourth-order valence-electron chi connectivity index (χ4n) is 1.09. The average molecular weight is 151 g/mol. The summed E-state index contributed by atoms with van der Waals surface area (Å²) in [6, 6.07) is 3.51. The van der Waals surface area contributed by atoms with E-state index in [1.807, 2.05) is 12.3 Å². The Balaban J connectivity index is 2.96. The average Bonchev–Trinajstić information content (AvgIpc) is 1.98. The molecule has 0 aliphatic rings. The molecule has 1 heterocycles. The summed E-state index contributed by atoms with van der Waals surface area (Å²) >= 11 is 0. The first-order valence-corrected chi connectivity index (χ1v) is 3.89. The highest BCUT2D eigenvalue weighted by Crippen LogP contribution is 1.98. The summed E-state index contributed by atoms with van der Waals surface area (Å²) in [5, 5.41) is 0. The lowest BCUT2D eigenvalue weighted by Crippen LogP contribution is -2.14. The van der Waals surface area contributed by atoms with Crippen LogP contribution >= 0.6 is 0 Å². The quantitative estimate of drug-likeness (QED) is 0.625. The molecule has 0 aliphatic heterocycles. The third-order valence-corrected chi connectivity index (χ3v) is 1.69.